The van der Waals surface area contributed by atoms with Crippen LogP contribution in [0.2, 0.25) is 0 Å². The van der Waals surface area contributed by atoms with Crippen LogP contribution in [0.4, 0.5) is 5.82 Å². The fraction of sp³-hybridized carbons (Fsp3) is 0.238. The van der Waals surface area contributed by atoms with Gasteiger partial charge in [-0.3, -0.25) is 14.3 Å². The SMILES string of the molecule is Cc1ccc(C)c(SCc2nc3sc(C(=O)Nc4ccn(C)n4)c(C)c3c(=O)[nH]2)c1. The van der Waals surface area contributed by atoms with E-state index in [9.17, 15) is 9.59 Å². The van der Waals surface area contributed by atoms with E-state index in [1.807, 2.05) is 0 Å². The molecule has 0 unspecified atom stereocenters. The molecule has 7 nitrogen and oxygen atoms in total. The molecule has 4 rings (SSSR count). The number of aryl methyl sites for hydroxylation is 4. The van der Waals surface area contributed by atoms with E-state index in [-0.39, 0.29) is 11.5 Å². The third-order valence-electron chi connectivity index (χ3n) is 4.72. The van der Waals surface area contributed by atoms with Crippen molar-refractivity contribution in [3.05, 3.63) is 68.2 Å². The molecule has 4 aromatic rings. The molecule has 0 aliphatic carbocycles. The van der Waals surface area contributed by atoms with Gasteiger partial charge in [-0.2, -0.15) is 5.10 Å². The number of anilines is 1. The number of carbonyl (C=O) groups is 1. The number of hydrogen-bond donors (Lipinski definition) is 2. The summed E-state index contributed by atoms with van der Waals surface area (Å²) in [5.74, 6) is 1.31. The summed E-state index contributed by atoms with van der Waals surface area (Å²) in [7, 11) is 1.78. The summed E-state index contributed by atoms with van der Waals surface area (Å²) in [6.07, 6.45) is 1.75. The molecule has 0 saturated carbocycles. The van der Waals surface area contributed by atoms with Crippen LogP contribution in [0.1, 0.15) is 32.2 Å². The van der Waals surface area contributed by atoms with Crippen LogP contribution >= 0.6 is 23.1 Å². The first kappa shape index (κ1) is 20.4. The number of fused-ring (bicyclic) bond motifs is 1. The maximum absolute atomic E-state index is 12.7. The molecular weight excluding hydrogens is 418 g/mol. The predicted molar refractivity (Wildman–Crippen MR) is 122 cm³/mol. The van der Waals surface area contributed by atoms with Crippen molar-refractivity contribution in [1.29, 1.82) is 0 Å². The molecule has 0 aliphatic rings. The number of aromatic amines is 1. The Morgan fingerprint density at radius 1 is 1.27 bits per heavy atom. The number of thiophene rings is 1. The second-order valence-corrected chi connectivity index (χ2v) is 9.15. The van der Waals surface area contributed by atoms with E-state index < -0.39 is 0 Å². The molecule has 1 amide bonds. The van der Waals surface area contributed by atoms with Crippen LogP contribution in [0.15, 0.2) is 40.2 Å². The van der Waals surface area contributed by atoms with Gasteiger partial charge in [0.25, 0.3) is 11.5 Å². The minimum atomic E-state index is -0.292. The standard InChI is InChI=1S/C21H21N5O2S2/c1-11-5-6-12(2)14(9-11)29-10-16-23-19(27)17-13(3)18(30-21(17)24-16)20(28)22-15-7-8-26(4)25-15/h5-9H,10H2,1-4H3,(H,22,25,28)(H,23,24,27). The highest BCUT2D eigenvalue weighted by Gasteiger charge is 2.20. The summed E-state index contributed by atoms with van der Waals surface area (Å²) >= 11 is 2.86. The van der Waals surface area contributed by atoms with Gasteiger partial charge in [-0.1, -0.05) is 17.7 Å². The minimum absolute atomic E-state index is 0.220. The largest absolute Gasteiger partial charge is 0.309 e. The first-order valence-electron chi connectivity index (χ1n) is 9.35. The molecule has 3 heterocycles. The number of carbonyl (C=O) groups excluding carboxylic acids is 1. The molecule has 0 fully saturated rings. The predicted octanol–water partition coefficient (Wildman–Crippen LogP) is 4.19. The Kier molecular flexibility index (Phi) is 5.48. The molecule has 9 heteroatoms. The van der Waals surface area contributed by atoms with Crippen LogP contribution in [-0.2, 0) is 12.8 Å². The quantitative estimate of drug-likeness (QED) is 0.455. The van der Waals surface area contributed by atoms with Crippen LogP contribution in [-0.4, -0.2) is 25.7 Å². The van der Waals surface area contributed by atoms with Crippen molar-refractivity contribution in [3.8, 4) is 0 Å². The topological polar surface area (TPSA) is 92.7 Å². The molecule has 154 valence electrons. The van der Waals surface area contributed by atoms with Crippen molar-refractivity contribution in [3.63, 3.8) is 0 Å². The van der Waals surface area contributed by atoms with E-state index in [0.717, 1.165) is 4.90 Å². The first-order chi connectivity index (χ1) is 14.3. The maximum Gasteiger partial charge on any atom is 0.267 e. The fourth-order valence-corrected chi connectivity index (χ4v) is 5.23. The van der Waals surface area contributed by atoms with Gasteiger partial charge >= 0.3 is 0 Å². The second-order valence-electron chi connectivity index (χ2n) is 7.14. The van der Waals surface area contributed by atoms with Crippen molar-refractivity contribution < 1.29 is 4.79 Å². The third-order valence-corrected chi connectivity index (χ3v) is 7.07. The van der Waals surface area contributed by atoms with Gasteiger partial charge < -0.3 is 10.3 Å². The van der Waals surface area contributed by atoms with Crippen LogP contribution in [0.5, 0.6) is 0 Å². The van der Waals surface area contributed by atoms with Crippen LogP contribution in [0.25, 0.3) is 10.2 Å². The number of nitrogens with zero attached hydrogens (tertiary/aromatic N) is 3. The Labute approximate surface area is 181 Å². The summed E-state index contributed by atoms with van der Waals surface area (Å²) in [6.45, 7) is 5.89. The third kappa shape index (κ3) is 4.03. The van der Waals surface area contributed by atoms with Crippen molar-refractivity contribution in [1.82, 2.24) is 19.7 Å². The van der Waals surface area contributed by atoms with Crippen molar-refractivity contribution >= 4 is 45.0 Å². The van der Waals surface area contributed by atoms with Gasteiger partial charge in [0.05, 0.1) is 16.0 Å². The number of amides is 1. The zero-order valence-corrected chi connectivity index (χ0v) is 18.7. The number of benzene rings is 1. The zero-order chi connectivity index (χ0) is 21.4. The van der Waals surface area contributed by atoms with Crippen LogP contribution in [0.3, 0.4) is 0 Å². The van der Waals surface area contributed by atoms with E-state index >= 15 is 0 Å². The van der Waals surface area contributed by atoms with E-state index in [0.29, 0.717) is 38.1 Å². The Balaban J connectivity index is 1.61. The molecule has 0 atom stereocenters. The highest BCUT2D eigenvalue weighted by molar-refractivity contribution is 7.98. The summed E-state index contributed by atoms with van der Waals surface area (Å²) in [5, 5.41) is 7.39. The lowest BCUT2D eigenvalue weighted by molar-refractivity contribution is 0.102. The Hall–Kier alpha value is -2.91. The first-order valence-corrected chi connectivity index (χ1v) is 11.2. The maximum atomic E-state index is 12.7. The van der Waals surface area contributed by atoms with E-state index in [2.05, 4.69) is 52.4 Å². The van der Waals surface area contributed by atoms with Gasteiger partial charge in [-0.05, 0) is 38.0 Å². The van der Waals surface area contributed by atoms with E-state index in [1.54, 1.807) is 42.7 Å². The molecule has 0 radical (unpaired) electrons. The summed E-state index contributed by atoms with van der Waals surface area (Å²) in [6, 6.07) is 8.02. The number of aromatic nitrogens is 4. The molecule has 0 spiro atoms. The normalized spacial score (nSPS) is 11.2. The zero-order valence-electron chi connectivity index (χ0n) is 17.1. The van der Waals surface area contributed by atoms with E-state index in [1.165, 1.54) is 22.5 Å². The van der Waals surface area contributed by atoms with Crippen LogP contribution in [0, 0.1) is 20.8 Å². The molecule has 0 saturated heterocycles. The lowest BCUT2D eigenvalue weighted by atomic mass is 10.2. The molecule has 3 aromatic heterocycles. The van der Waals surface area contributed by atoms with Gasteiger partial charge in [0.15, 0.2) is 5.82 Å². The molecule has 2 N–H and O–H groups in total. The van der Waals surface area contributed by atoms with Gasteiger partial charge in [-0.25, -0.2) is 4.98 Å². The Bertz CT molecular complexity index is 1320. The molecule has 0 bridgehead atoms. The second kappa shape index (κ2) is 8.08. The number of hydrogen-bond acceptors (Lipinski definition) is 6. The summed E-state index contributed by atoms with van der Waals surface area (Å²) in [5.41, 5.74) is 2.79. The highest BCUT2D eigenvalue weighted by atomic mass is 32.2. The van der Waals surface area contributed by atoms with E-state index in [4.69, 9.17) is 0 Å². The molecule has 0 aliphatic heterocycles. The summed E-state index contributed by atoms with van der Waals surface area (Å²) in [4.78, 5) is 35.1. The number of thioether (sulfide) groups is 1. The van der Waals surface area contributed by atoms with Crippen molar-refractivity contribution in [2.45, 2.75) is 31.4 Å². The number of H-pyrrole nitrogens is 1. The molecule has 1 aromatic carbocycles. The smallest absolute Gasteiger partial charge is 0.267 e. The number of rotatable bonds is 5. The van der Waals surface area contributed by atoms with Crippen molar-refractivity contribution in [2.75, 3.05) is 5.32 Å². The summed E-state index contributed by atoms with van der Waals surface area (Å²) < 4.78 is 1.61. The fourth-order valence-electron chi connectivity index (χ4n) is 3.14. The van der Waals surface area contributed by atoms with Gasteiger partial charge in [0, 0.05) is 24.2 Å². The van der Waals surface area contributed by atoms with Gasteiger partial charge in [0.2, 0.25) is 0 Å². The van der Waals surface area contributed by atoms with Crippen LogP contribution < -0.4 is 10.9 Å². The number of nitrogens with one attached hydrogen (secondary N) is 2. The molecule has 30 heavy (non-hydrogen) atoms. The lowest BCUT2D eigenvalue weighted by Crippen LogP contribution is -2.13. The Morgan fingerprint density at radius 2 is 2.07 bits per heavy atom. The van der Waals surface area contributed by atoms with Gasteiger partial charge in [0.1, 0.15) is 10.7 Å². The average molecular weight is 440 g/mol. The highest BCUT2D eigenvalue weighted by Crippen LogP contribution is 2.30. The molecular formula is C21H21N5O2S2. The monoisotopic (exact) mass is 439 g/mol. The minimum Gasteiger partial charge on any atom is -0.309 e. The van der Waals surface area contributed by atoms with Crippen molar-refractivity contribution in [2.24, 2.45) is 7.05 Å². The average Bonchev–Trinajstić information content (AvgIpc) is 3.25. The lowest BCUT2D eigenvalue weighted by Gasteiger charge is -2.06. The van der Waals surface area contributed by atoms with Gasteiger partial charge in [-0.15, -0.1) is 23.1 Å². The Morgan fingerprint density at radius 3 is 2.80 bits per heavy atom.